The fourth-order valence-corrected chi connectivity index (χ4v) is 7.38. The number of nitrogens with two attached hydrogens (primary N) is 1. The fraction of sp³-hybridized carbons (Fsp3) is 0.348. The highest BCUT2D eigenvalue weighted by atomic mass is 16.3. The van der Waals surface area contributed by atoms with E-state index in [0.717, 1.165) is 68.0 Å². The van der Waals surface area contributed by atoms with E-state index in [-0.39, 0.29) is 6.04 Å². The molecule has 0 aliphatic heterocycles. The van der Waals surface area contributed by atoms with E-state index in [1.54, 1.807) is 0 Å². The third-order valence-corrected chi connectivity index (χ3v) is 10.4. The lowest BCUT2D eigenvalue weighted by Gasteiger charge is -2.13. The van der Waals surface area contributed by atoms with Crippen LogP contribution in [0.2, 0.25) is 0 Å². The molecule has 0 radical (unpaired) electrons. The van der Waals surface area contributed by atoms with E-state index < -0.39 is 0 Å². The third kappa shape index (κ3) is 7.61. The number of rotatable bonds is 17. The summed E-state index contributed by atoms with van der Waals surface area (Å²) in [5.74, 6) is 0. The topological polar surface area (TPSA) is 64.3 Å². The van der Waals surface area contributed by atoms with Crippen molar-refractivity contribution < 1.29 is 8.83 Å². The predicted molar refractivity (Wildman–Crippen MR) is 214 cm³/mol. The van der Waals surface area contributed by atoms with Gasteiger partial charge in [-0.1, -0.05) is 127 Å². The molecule has 1 atom stereocenters. The summed E-state index contributed by atoms with van der Waals surface area (Å²) in [6, 6.07) is 34.9. The van der Waals surface area contributed by atoms with E-state index in [4.69, 9.17) is 14.6 Å². The molecule has 2 heterocycles. The van der Waals surface area contributed by atoms with Gasteiger partial charge in [-0.25, -0.2) is 0 Å². The summed E-state index contributed by atoms with van der Waals surface area (Å²) in [7, 11) is 0. The predicted octanol–water partition coefficient (Wildman–Crippen LogP) is 14.0. The molecule has 4 nitrogen and oxygen atoms in total. The van der Waals surface area contributed by atoms with Crippen molar-refractivity contribution in [2.24, 2.45) is 5.73 Å². The lowest BCUT2D eigenvalue weighted by Crippen LogP contribution is -2.09. The molecule has 3 N–H and O–H groups in total. The van der Waals surface area contributed by atoms with E-state index in [1.807, 2.05) is 0 Å². The summed E-state index contributed by atoms with van der Waals surface area (Å²) in [6.07, 6.45) is 15.3. The van der Waals surface area contributed by atoms with Gasteiger partial charge in [0.2, 0.25) is 0 Å². The Labute approximate surface area is 297 Å². The largest absolute Gasteiger partial charge is 0.456 e. The van der Waals surface area contributed by atoms with E-state index >= 15 is 0 Å². The fourth-order valence-electron chi connectivity index (χ4n) is 7.38. The van der Waals surface area contributed by atoms with Crippen molar-refractivity contribution in [3.8, 4) is 22.3 Å². The number of hydrogen-bond acceptors (Lipinski definition) is 4. The van der Waals surface area contributed by atoms with Crippen LogP contribution in [0.15, 0.2) is 106 Å². The van der Waals surface area contributed by atoms with Crippen LogP contribution in [-0.4, -0.2) is 6.54 Å². The number of fused-ring (bicyclic) bond motifs is 6. The van der Waals surface area contributed by atoms with E-state index in [9.17, 15) is 0 Å². The molecule has 7 aromatic rings. The van der Waals surface area contributed by atoms with Crippen LogP contribution in [0.3, 0.4) is 0 Å². The maximum atomic E-state index is 6.53. The van der Waals surface area contributed by atoms with Crippen LogP contribution in [0.25, 0.3) is 66.1 Å². The maximum Gasteiger partial charge on any atom is 0.136 e. The van der Waals surface area contributed by atoms with Gasteiger partial charge < -0.3 is 19.9 Å². The van der Waals surface area contributed by atoms with Gasteiger partial charge in [-0.05, 0) is 89.2 Å². The molecule has 0 aliphatic rings. The van der Waals surface area contributed by atoms with Crippen LogP contribution in [0.1, 0.15) is 103 Å². The molecule has 258 valence electrons. The Hall–Kier alpha value is -4.54. The quantitative estimate of drug-likeness (QED) is 0.0951. The summed E-state index contributed by atoms with van der Waals surface area (Å²) in [5, 5.41) is 7.92. The van der Waals surface area contributed by atoms with Crippen LogP contribution in [0, 0.1) is 0 Å². The van der Waals surface area contributed by atoms with Crippen LogP contribution >= 0.6 is 0 Å². The molecule has 7 rings (SSSR count). The summed E-state index contributed by atoms with van der Waals surface area (Å²) >= 11 is 0. The minimum Gasteiger partial charge on any atom is -0.456 e. The van der Waals surface area contributed by atoms with E-state index in [0.29, 0.717) is 0 Å². The second kappa shape index (κ2) is 16.0. The van der Waals surface area contributed by atoms with Crippen molar-refractivity contribution in [1.29, 1.82) is 0 Å². The molecule has 2 aromatic heterocycles. The first-order valence-corrected chi connectivity index (χ1v) is 19.1. The minimum atomic E-state index is 0.0953. The molecule has 4 heteroatoms. The molecule has 0 amide bonds. The zero-order valence-electron chi connectivity index (χ0n) is 29.9. The van der Waals surface area contributed by atoms with Crippen LogP contribution in [-0.2, 0) is 0 Å². The first-order chi connectivity index (χ1) is 24.6. The molecule has 5 aromatic carbocycles. The summed E-state index contributed by atoms with van der Waals surface area (Å²) < 4.78 is 12.9. The molecule has 1 unspecified atom stereocenters. The van der Waals surface area contributed by atoms with Crippen molar-refractivity contribution in [3.63, 3.8) is 0 Å². The Morgan fingerprint density at radius 3 is 1.50 bits per heavy atom. The number of anilines is 1. The Bertz CT molecular complexity index is 2150. The van der Waals surface area contributed by atoms with Gasteiger partial charge in [0.25, 0.3) is 0 Å². The number of hydrogen-bond donors (Lipinski definition) is 2. The number of nitrogens with one attached hydrogen (secondary N) is 1. The molecule has 0 saturated carbocycles. The summed E-state index contributed by atoms with van der Waals surface area (Å²) in [5.41, 5.74) is 17.1. The van der Waals surface area contributed by atoms with Gasteiger partial charge >= 0.3 is 0 Å². The van der Waals surface area contributed by atoms with Gasteiger partial charge in [-0.3, -0.25) is 0 Å². The Morgan fingerprint density at radius 2 is 0.940 bits per heavy atom. The van der Waals surface area contributed by atoms with Crippen LogP contribution in [0.4, 0.5) is 5.69 Å². The maximum absolute atomic E-state index is 6.53. The first-order valence-electron chi connectivity index (χ1n) is 19.1. The van der Waals surface area contributed by atoms with Crippen LogP contribution < -0.4 is 11.1 Å². The zero-order chi connectivity index (χ0) is 34.3. The highest BCUT2D eigenvalue weighted by Gasteiger charge is 2.15. The monoisotopic (exact) mass is 664 g/mol. The number of unbranched alkanes of at least 4 members (excludes halogenated alkanes) is 9. The molecule has 50 heavy (non-hydrogen) atoms. The molecular formula is C46H52N2O2. The third-order valence-electron chi connectivity index (χ3n) is 10.4. The van der Waals surface area contributed by atoms with E-state index in [1.165, 1.54) is 93.0 Å². The van der Waals surface area contributed by atoms with Gasteiger partial charge in [0.15, 0.2) is 0 Å². The van der Waals surface area contributed by atoms with Gasteiger partial charge in [-0.15, -0.1) is 0 Å². The molecular weight excluding hydrogens is 613 g/mol. The average molecular weight is 665 g/mol. The van der Waals surface area contributed by atoms with Crippen molar-refractivity contribution in [3.05, 3.63) is 103 Å². The highest BCUT2D eigenvalue weighted by Crippen LogP contribution is 2.39. The van der Waals surface area contributed by atoms with Crippen molar-refractivity contribution in [2.75, 3.05) is 11.9 Å². The number of furan rings is 2. The van der Waals surface area contributed by atoms with Gasteiger partial charge in [0.05, 0.1) is 0 Å². The Balaban J connectivity index is 1.05. The van der Waals surface area contributed by atoms with Crippen molar-refractivity contribution >= 4 is 49.6 Å². The highest BCUT2D eigenvalue weighted by molar-refractivity contribution is 6.15. The first kappa shape index (κ1) is 33.9. The van der Waals surface area contributed by atoms with E-state index in [2.05, 4.69) is 116 Å². The Kier molecular flexibility index (Phi) is 10.9. The van der Waals surface area contributed by atoms with Crippen molar-refractivity contribution in [2.45, 2.75) is 96.9 Å². The lowest BCUT2D eigenvalue weighted by molar-refractivity contribution is 0.555. The van der Waals surface area contributed by atoms with Crippen LogP contribution in [0.5, 0.6) is 0 Å². The second-order valence-electron chi connectivity index (χ2n) is 14.2. The standard InChI is InChI=1S/C46H52N2O2/c1-3-5-7-9-11-13-27-48-37-23-19-33(20-24-37)36-22-26-39-41-31-45-40(30-46(41)50-44(39)29-36)38-25-21-35(28-43(38)49-45)32-15-17-34(18-16-32)42(47)14-12-10-8-6-4-2/h15-26,28-31,42,48H,3-14,27,47H2,1-2H3. The van der Waals surface area contributed by atoms with Gasteiger partial charge in [0.1, 0.15) is 22.3 Å². The molecule has 0 saturated heterocycles. The van der Waals surface area contributed by atoms with Gasteiger partial charge in [0, 0.05) is 39.8 Å². The molecule has 0 fully saturated rings. The smallest absolute Gasteiger partial charge is 0.136 e. The SMILES string of the molecule is CCCCCCCCNc1ccc(-c2ccc3c(c2)oc2cc4c(cc23)oc2cc(-c3ccc(C(N)CCCCCCC)cc3)ccc24)cc1. The van der Waals surface area contributed by atoms with Crippen molar-refractivity contribution in [1.82, 2.24) is 0 Å². The zero-order valence-corrected chi connectivity index (χ0v) is 29.9. The molecule has 0 spiro atoms. The average Bonchev–Trinajstić information content (AvgIpc) is 3.69. The second-order valence-corrected chi connectivity index (χ2v) is 14.2. The summed E-state index contributed by atoms with van der Waals surface area (Å²) in [4.78, 5) is 0. The summed E-state index contributed by atoms with van der Waals surface area (Å²) in [6.45, 7) is 5.55. The molecule has 0 aliphatic carbocycles. The minimum absolute atomic E-state index is 0.0953. The number of benzene rings is 5. The van der Waals surface area contributed by atoms with Gasteiger partial charge in [-0.2, -0.15) is 0 Å². The molecule has 0 bridgehead atoms. The lowest BCUT2D eigenvalue weighted by atomic mass is 9.97. The Morgan fingerprint density at radius 1 is 0.480 bits per heavy atom. The normalized spacial score (nSPS) is 12.5.